The Balaban J connectivity index is 2.16. The molecule has 1 aromatic rings. The van der Waals surface area contributed by atoms with Crippen LogP contribution in [-0.4, -0.2) is 43.5 Å². The summed E-state index contributed by atoms with van der Waals surface area (Å²) in [5.74, 6) is 1.25. The summed E-state index contributed by atoms with van der Waals surface area (Å²) in [6.45, 7) is 9.85. The highest BCUT2D eigenvalue weighted by Crippen LogP contribution is 2.34. The Bertz CT molecular complexity index is 610. The molecule has 0 saturated carbocycles. The Morgan fingerprint density at radius 1 is 1.15 bits per heavy atom. The van der Waals surface area contributed by atoms with Gasteiger partial charge in [-0.15, -0.1) is 0 Å². The highest BCUT2D eigenvalue weighted by Gasteiger charge is 2.40. The summed E-state index contributed by atoms with van der Waals surface area (Å²) in [5.41, 5.74) is 1.08. The fourth-order valence-corrected chi connectivity index (χ4v) is 3.42. The molecule has 1 fully saturated rings. The molecule has 1 aromatic carbocycles. The summed E-state index contributed by atoms with van der Waals surface area (Å²) >= 11 is 0. The van der Waals surface area contributed by atoms with Crippen molar-refractivity contribution in [1.82, 2.24) is 10.2 Å². The van der Waals surface area contributed by atoms with Gasteiger partial charge in [0, 0.05) is 31.5 Å². The van der Waals surface area contributed by atoms with Crippen LogP contribution in [0.1, 0.15) is 45.6 Å². The predicted molar refractivity (Wildman–Crippen MR) is 103 cm³/mol. The minimum absolute atomic E-state index is 0.0163. The van der Waals surface area contributed by atoms with E-state index in [1.165, 1.54) is 0 Å². The second-order valence-corrected chi connectivity index (χ2v) is 7.86. The van der Waals surface area contributed by atoms with Crippen LogP contribution in [-0.2, 0) is 9.59 Å². The number of nitrogens with one attached hydrogen (secondary N) is 1. The molecule has 2 atom stereocenters. The van der Waals surface area contributed by atoms with Gasteiger partial charge in [-0.05, 0) is 30.0 Å². The summed E-state index contributed by atoms with van der Waals surface area (Å²) in [4.78, 5) is 27.1. The van der Waals surface area contributed by atoms with Crippen LogP contribution in [0.15, 0.2) is 24.3 Å². The van der Waals surface area contributed by atoms with Gasteiger partial charge in [-0.1, -0.05) is 39.8 Å². The van der Waals surface area contributed by atoms with E-state index in [0.29, 0.717) is 25.6 Å². The molecule has 1 N–H and O–H groups in total. The van der Waals surface area contributed by atoms with Crippen molar-refractivity contribution in [2.75, 3.05) is 26.7 Å². The molecule has 0 radical (unpaired) electrons. The molecule has 0 aromatic heterocycles. The predicted octanol–water partition coefficient (Wildman–Crippen LogP) is 3.06. The molecule has 2 unspecified atom stereocenters. The van der Waals surface area contributed by atoms with Crippen molar-refractivity contribution >= 4 is 11.8 Å². The number of nitrogens with zero attached hydrogens (tertiary/aromatic N) is 1. The molecule has 0 bridgehead atoms. The molecule has 1 heterocycles. The smallest absolute Gasteiger partial charge is 0.225 e. The monoisotopic (exact) mass is 360 g/mol. The van der Waals surface area contributed by atoms with Gasteiger partial charge >= 0.3 is 0 Å². The Hall–Kier alpha value is -2.04. The average Bonchev–Trinajstić information content (AvgIpc) is 3.06. The van der Waals surface area contributed by atoms with Gasteiger partial charge in [-0.2, -0.15) is 0 Å². The van der Waals surface area contributed by atoms with Crippen molar-refractivity contribution in [3.8, 4) is 5.75 Å². The first kappa shape index (κ1) is 20.3. The van der Waals surface area contributed by atoms with Crippen LogP contribution < -0.4 is 10.1 Å². The molecule has 26 heavy (non-hydrogen) atoms. The van der Waals surface area contributed by atoms with Gasteiger partial charge in [-0.25, -0.2) is 0 Å². The van der Waals surface area contributed by atoms with Crippen LogP contribution in [0.5, 0.6) is 5.75 Å². The Morgan fingerprint density at radius 2 is 1.81 bits per heavy atom. The van der Waals surface area contributed by atoms with Crippen LogP contribution in [0.4, 0.5) is 0 Å². The maximum Gasteiger partial charge on any atom is 0.225 e. The van der Waals surface area contributed by atoms with E-state index in [2.05, 4.69) is 19.2 Å². The first-order valence-corrected chi connectivity index (χ1v) is 9.54. The lowest BCUT2D eigenvalue weighted by molar-refractivity contribution is -0.133. The number of likely N-dealkylation sites (tertiary alicyclic amines) is 1. The molecule has 144 valence electrons. The third kappa shape index (κ3) is 4.99. The summed E-state index contributed by atoms with van der Waals surface area (Å²) < 4.78 is 5.23. The average molecular weight is 360 g/mol. The van der Waals surface area contributed by atoms with Crippen LogP contribution >= 0.6 is 0 Å². The van der Waals surface area contributed by atoms with Gasteiger partial charge in [0.25, 0.3) is 0 Å². The number of methoxy groups -OCH3 is 1. The van der Waals surface area contributed by atoms with Crippen molar-refractivity contribution in [3.05, 3.63) is 29.8 Å². The highest BCUT2D eigenvalue weighted by molar-refractivity contribution is 5.84. The van der Waals surface area contributed by atoms with Crippen molar-refractivity contribution in [3.63, 3.8) is 0 Å². The minimum Gasteiger partial charge on any atom is -0.497 e. The van der Waals surface area contributed by atoms with E-state index in [4.69, 9.17) is 4.74 Å². The van der Waals surface area contributed by atoms with Gasteiger partial charge in [0.05, 0.1) is 13.0 Å². The highest BCUT2D eigenvalue weighted by atomic mass is 16.5. The lowest BCUT2D eigenvalue weighted by Gasteiger charge is -2.19. The van der Waals surface area contributed by atoms with E-state index in [9.17, 15) is 9.59 Å². The van der Waals surface area contributed by atoms with Crippen LogP contribution in [0, 0.1) is 17.8 Å². The number of benzene rings is 1. The van der Waals surface area contributed by atoms with Crippen molar-refractivity contribution < 1.29 is 14.3 Å². The standard InChI is InChI=1S/C21H32N2O3/c1-14(2)10-11-22-20(24)19-13-23(21(25)15(3)4)12-18(19)16-6-8-17(26-5)9-7-16/h6-9,14-15,18-19H,10-13H2,1-5H3,(H,22,24). The number of amides is 2. The summed E-state index contributed by atoms with van der Waals surface area (Å²) in [5, 5.41) is 3.07. The number of hydrogen-bond donors (Lipinski definition) is 1. The third-order valence-corrected chi connectivity index (χ3v) is 5.03. The zero-order valence-corrected chi connectivity index (χ0v) is 16.6. The van der Waals surface area contributed by atoms with Gasteiger partial charge in [0.1, 0.15) is 5.75 Å². The van der Waals surface area contributed by atoms with Gasteiger partial charge in [0.2, 0.25) is 11.8 Å². The molecule has 5 nitrogen and oxygen atoms in total. The number of rotatable bonds is 7. The molecular formula is C21H32N2O3. The van der Waals surface area contributed by atoms with Gasteiger partial charge in [0.15, 0.2) is 0 Å². The lowest BCUT2D eigenvalue weighted by Crippen LogP contribution is -2.37. The maximum absolute atomic E-state index is 12.8. The molecule has 0 aliphatic carbocycles. The van der Waals surface area contributed by atoms with Crippen molar-refractivity contribution in [2.24, 2.45) is 17.8 Å². The zero-order valence-electron chi connectivity index (χ0n) is 16.6. The topological polar surface area (TPSA) is 58.6 Å². The van der Waals surface area contributed by atoms with E-state index in [0.717, 1.165) is 17.7 Å². The summed E-state index contributed by atoms with van der Waals surface area (Å²) in [6.07, 6.45) is 0.959. The molecule has 2 rings (SSSR count). The number of carbonyl (C=O) groups is 2. The Labute approximate surface area is 157 Å². The van der Waals surface area contributed by atoms with Crippen molar-refractivity contribution in [2.45, 2.75) is 40.0 Å². The molecule has 2 amide bonds. The molecule has 1 saturated heterocycles. The van der Waals surface area contributed by atoms with Gasteiger partial charge in [-0.3, -0.25) is 9.59 Å². The molecule has 5 heteroatoms. The normalized spacial score (nSPS) is 19.9. The Morgan fingerprint density at radius 3 is 2.35 bits per heavy atom. The number of ether oxygens (including phenoxy) is 1. The number of hydrogen-bond acceptors (Lipinski definition) is 3. The SMILES string of the molecule is COc1ccc(C2CN(C(=O)C(C)C)CC2C(=O)NCCC(C)C)cc1. The van der Waals surface area contributed by atoms with Gasteiger partial charge < -0.3 is 15.0 Å². The second-order valence-electron chi connectivity index (χ2n) is 7.86. The van der Waals surface area contributed by atoms with Crippen molar-refractivity contribution in [1.29, 1.82) is 0 Å². The summed E-state index contributed by atoms with van der Waals surface area (Å²) in [6, 6.07) is 7.83. The first-order valence-electron chi connectivity index (χ1n) is 9.54. The van der Waals surface area contributed by atoms with Crippen LogP contribution in [0.25, 0.3) is 0 Å². The Kier molecular flexibility index (Phi) is 7.06. The van der Waals surface area contributed by atoms with E-state index >= 15 is 0 Å². The fraction of sp³-hybridized carbons (Fsp3) is 0.619. The van der Waals surface area contributed by atoms with E-state index in [1.807, 2.05) is 43.0 Å². The largest absolute Gasteiger partial charge is 0.497 e. The van der Waals surface area contributed by atoms with Crippen LogP contribution in [0.2, 0.25) is 0 Å². The summed E-state index contributed by atoms with van der Waals surface area (Å²) in [7, 11) is 1.64. The molecule has 1 aliphatic heterocycles. The quantitative estimate of drug-likeness (QED) is 0.813. The first-order chi connectivity index (χ1) is 12.3. The number of carbonyl (C=O) groups excluding carboxylic acids is 2. The molecule has 0 spiro atoms. The molecular weight excluding hydrogens is 328 g/mol. The maximum atomic E-state index is 12.8. The lowest BCUT2D eigenvalue weighted by atomic mass is 9.88. The molecule has 1 aliphatic rings. The zero-order chi connectivity index (χ0) is 19.3. The van der Waals surface area contributed by atoms with E-state index < -0.39 is 0 Å². The van der Waals surface area contributed by atoms with E-state index in [-0.39, 0.29) is 29.6 Å². The second kappa shape index (κ2) is 9.06. The minimum atomic E-state index is -0.210. The van der Waals surface area contributed by atoms with E-state index in [1.54, 1.807) is 7.11 Å². The third-order valence-electron chi connectivity index (χ3n) is 5.03. The van der Waals surface area contributed by atoms with Crippen LogP contribution in [0.3, 0.4) is 0 Å². The fourth-order valence-electron chi connectivity index (χ4n) is 3.42.